The number of carbonyl (C=O) groups is 1. The van der Waals surface area contributed by atoms with Crippen LogP contribution in [0.5, 0.6) is 0 Å². The minimum atomic E-state index is -5.01. The van der Waals surface area contributed by atoms with Gasteiger partial charge in [0.05, 0.1) is 11.1 Å². The monoisotopic (exact) mass is 456 g/mol. The third-order valence-corrected chi connectivity index (χ3v) is 5.54. The Morgan fingerprint density at radius 3 is 2.00 bits per heavy atom. The molecule has 2 aromatic rings. The molecule has 32 heavy (non-hydrogen) atoms. The molecule has 0 radical (unpaired) electrons. The van der Waals surface area contributed by atoms with Crippen molar-refractivity contribution < 1.29 is 31.1 Å². The third-order valence-electron chi connectivity index (χ3n) is 5.54. The first-order chi connectivity index (χ1) is 14.9. The third kappa shape index (κ3) is 4.73. The molecule has 4 nitrogen and oxygen atoms in total. The molecular weight excluding hydrogens is 438 g/mol. The molecule has 1 amide bonds. The van der Waals surface area contributed by atoms with Crippen molar-refractivity contribution in [2.45, 2.75) is 50.0 Å². The Kier molecular flexibility index (Phi) is 5.42. The average molecular weight is 456 g/mol. The van der Waals surface area contributed by atoms with Gasteiger partial charge in [0.15, 0.2) is 0 Å². The van der Waals surface area contributed by atoms with Gasteiger partial charge in [-0.3, -0.25) is 9.59 Å². The second kappa shape index (κ2) is 7.83. The van der Waals surface area contributed by atoms with Crippen molar-refractivity contribution in [3.63, 3.8) is 0 Å². The maximum Gasteiger partial charge on any atom is 0.416 e. The van der Waals surface area contributed by atoms with E-state index in [2.05, 4.69) is 10.3 Å². The fourth-order valence-corrected chi connectivity index (χ4v) is 3.77. The molecule has 1 aliphatic heterocycles. The lowest BCUT2D eigenvalue weighted by molar-refractivity contribution is -0.143. The highest BCUT2D eigenvalue weighted by Crippen LogP contribution is 2.40. The summed E-state index contributed by atoms with van der Waals surface area (Å²) < 4.78 is 80.2. The van der Waals surface area contributed by atoms with Crippen LogP contribution in [0, 0.1) is 0 Å². The van der Waals surface area contributed by atoms with Crippen LogP contribution in [0.15, 0.2) is 41.2 Å². The second-order valence-corrected chi connectivity index (χ2v) is 8.02. The van der Waals surface area contributed by atoms with Crippen molar-refractivity contribution in [1.82, 2.24) is 10.3 Å². The quantitative estimate of drug-likeness (QED) is 0.637. The molecule has 2 heterocycles. The van der Waals surface area contributed by atoms with Gasteiger partial charge in [-0.2, -0.15) is 26.3 Å². The van der Waals surface area contributed by atoms with Crippen molar-refractivity contribution in [3.8, 4) is 0 Å². The largest absolute Gasteiger partial charge is 0.416 e. The fraction of sp³-hybridized carbons (Fsp3) is 0.364. The van der Waals surface area contributed by atoms with E-state index in [1.54, 1.807) is 6.07 Å². The van der Waals surface area contributed by atoms with Crippen LogP contribution in [0.2, 0.25) is 0 Å². The van der Waals surface area contributed by atoms with E-state index < -0.39 is 35.1 Å². The molecule has 0 spiro atoms. The van der Waals surface area contributed by atoms with Gasteiger partial charge in [-0.25, -0.2) is 0 Å². The molecule has 2 fully saturated rings. The summed E-state index contributed by atoms with van der Waals surface area (Å²) in [6, 6.07) is 3.72. The van der Waals surface area contributed by atoms with Crippen LogP contribution in [0.1, 0.15) is 59.5 Å². The van der Waals surface area contributed by atoms with E-state index in [0.29, 0.717) is 24.1 Å². The molecule has 2 aliphatic rings. The van der Waals surface area contributed by atoms with Crippen LogP contribution in [-0.4, -0.2) is 16.9 Å². The van der Waals surface area contributed by atoms with Gasteiger partial charge in [0.2, 0.25) is 5.91 Å². The molecule has 0 unspecified atom stereocenters. The molecular formula is C22H18F6N2O2. The number of nitrogens with one attached hydrogen (secondary N) is 2. The zero-order valence-corrected chi connectivity index (χ0v) is 16.5. The first-order valence-corrected chi connectivity index (χ1v) is 9.96. The summed E-state index contributed by atoms with van der Waals surface area (Å²) in [5.74, 6) is -0.164. The Morgan fingerprint density at radius 2 is 1.53 bits per heavy atom. The average Bonchev–Trinajstić information content (AvgIpc) is 3.45. The van der Waals surface area contributed by atoms with Gasteiger partial charge in [0.25, 0.3) is 5.56 Å². The number of aromatic nitrogens is 1. The van der Waals surface area contributed by atoms with Crippen molar-refractivity contribution >= 4 is 11.5 Å². The summed E-state index contributed by atoms with van der Waals surface area (Å²) in [7, 11) is 0. The van der Waals surface area contributed by atoms with Crippen molar-refractivity contribution in [3.05, 3.63) is 74.7 Å². The van der Waals surface area contributed by atoms with Crippen LogP contribution in [0.3, 0.4) is 0 Å². The summed E-state index contributed by atoms with van der Waals surface area (Å²) in [6.45, 7) is 0. The number of benzene rings is 1. The summed E-state index contributed by atoms with van der Waals surface area (Å²) in [6.07, 6.45) is -6.41. The minimum Gasteiger partial charge on any atom is -0.350 e. The van der Waals surface area contributed by atoms with E-state index in [-0.39, 0.29) is 41.1 Å². The molecule has 1 aromatic heterocycles. The van der Waals surface area contributed by atoms with Crippen molar-refractivity contribution in [2.75, 3.05) is 0 Å². The van der Waals surface area contributed by atoms with Crippen molar-refractivity contribution in [2.24, 2.45) is 0 Å². The SMILES string of the molecule is O=C1CC[C@H](/C=C(/c2cc(C(F)(F)F)cc(C(F)(F)F)c2)c2ccc(C3CC3)c(=O)[nH]2)N1. The Labute approximate surface area is 178 Å². The summed E-state index contributed by atoms with van der Waals surface area (Å²) in [5, 5.41) is 2.62. The normalized spacial score (nSPS) is 19.9. The molecule has 170 valence electrons. The highest BCUT2D eigenvalue weighted by molar-refractivity contribution is 5.82. The van der Waals surface area contributed by atoms with E-state index in [9.17, 15) is 35.9 Å². The smallest absolute Gasteiger partial charge is 0.350 e. The summed E-state index contributed by atoms with van der Waals surface area (Å²) in [5.41, 5.74) is -3.12. The second-order valence-electron chi connectivity index (χ2n) is 8.02. The number of aromatic amines is 1. The van der Waals surface area contributed by atoms with Crippen molar-refractivity contribution in [1.29, 1.82) is 0 Å². The van der Waals surface area contributed by atoms with E-state index in [1.807, 2.05) is 0 Å². The van der Waals surface area contributed by atoms with Gasteiger partial charge in [-0.15, -0.1) is 0 Å². The number of rotatable bonds is 4. The van der Waals surface area contributed by atoms with Gasteiger partial charge >= 0.3 is 12.4 Å². The van der Waals surface area contributed by atoms with Crippen LogP contribution < -0.4 is 10.9 Å². The number of pyridine rings is 1. The summed E-state index contributed by atoms with van der Waals surface area (Å²) >= 11 is 0. The van der Waals surface area contributed by atoms with Gasteiger partial charge in [-0.1, -0.05) is 12.1 Å². The Balaban J connectivity index is 1.88. The van der Waals surface area contributed by atoms with E-state index in [0.717, 1.165) is 12.8 Å². The number of alkyl halides is 6. The van der Waals surface area contributed by atoms with Gasteiger partial charge in [-0.05, 0) is 55.0 Å². The highest BCUT2D eigenvalue weighted by atomic mass is 19.4. The van der Waals surface area contributed by atoms with E-state index in [1.165, 1.54) is 12.1 Å². The maximum atomic E-state index is 13.4. The zero-order chi connectivity index (χ0) is 23.3. The fourth-order valence-electron chi connectivity index (χ4n) is 3.77. The number of hydrogen-bond acceptors (Lipinski definition) is 2. The Bertz CT molecular complexity index is 1110. The highest BCUT2D eigenvalue weighted by Gasteiger charge is 2.37. The van der Waals surface area contributed by atoms with Gasteiger partial charge < -0.3 is 10.3 Å². The predicted molar refractivity (Wildman–Crippen MR) is 104 cm³/mol. The number of amides is 1. The topological polar surface area (TPSA) is 62.0 Å². The van der Waals surface area contributed by atoms with E-state index in [4.69, 9.17) is 0 Å². The maximum absolute atomic E-state index is 13.4. The van der Waals surface area contributed by atoms with E-state index >= 15 is 0 Å². The van der Waals surface area contributed by atoms with Gasteiger partial charge in [0.1, 0.15) is 0 Å². The molecule has 4 rings (SSSR count). The first-order valence-electron chi connectivity index (χ1n) is 9.96. The summed E-state index contributed by atoms with van der Waals surface area (Å²) in [4.78, 5) is 26.6. The lowest BCUT2D eigenvalue weighted by Gasteiger charge is -2.17. The molecule has 1 saturated carbocycles. The molecule has 1 aromatic carbocycles. The molecule has 0 bridgehead atoms. The number of hydrogen-bond donors (Lipinski definition) is 2. The van der Waals surface area contributed by atoms with Gasteiger partial charge in [0, 0.05) is 29.3 Å². The Morgan fingerprint density at radius 1 is 0.906 bits per heavy atom. The first kappa shape index (κ1) is 22.2. The molecule has 2 N–H and O–H groups in total. The molecule has 1 atom stereocenters. The Hall–Kier alpha value is -3.04. The standard InChI is InChI=1S/C22H18F6N2O2/c23-21(24,25)13-7-12(8-14(9-13)22(26,27)28)17(10-15-3-6-19(31)29-15)18-5-4-16(11-1-2-11)20(32)30-18/h4-5,7-11,15H,1-3,6H2,(H,29,31)(H,30,32)/b17-10-/t15-/m1/s1. The molecule has 10 heteroatoms. The van der Waals surface area contributed by atoms with Crippen LogP contribution >= 0.6 is 0 Å². The number of carbonyl (C=O) groups excluding carboxylic acids is 1. The lowest BCUT2D eigenvalue weighted by Crippen LogP contribution is -2.24. The minimum absolute atomic E-state index is 0.0201. The zero-order valence-electron chi connectivity index (χ0n) is 16.5. The predicted octanol–water partition coefficient (Wildman–Crippen LogP) is 5.00. The van der Waals surface area contributed by atoms with Crippen LogP contribution in [0.25, 0.3) is 5.57 Å². The van der Waals surface area contributed by atoms with Crippen LogP contribution in [-0.2, 0) is 17.1 Å². The lowest BCUT2D eigenvalue weighted by atomic mass is 9.94. The number of halogens is 6. The van der Waals surface area contributed by atoms with Crippen LogP contribution in [0.4, 0.5) is 26.3 Å². The number of H-pyrrole nitrogens is 1. The molecule has 1 aliphatic carbocycles. The molecule has 1 saturated heterocycles.